The van der Waals surface area contributed by atoms with Crippen LogP contribution in [0, 0.1) is 0 Å². The molecule has 0 N–H and O–H groups in total. The zero-order valence-corrected chi connectivity index (χ0v) is 20.4. The van der Waals surface area contributed by atoms with Crippen LogP contribution >= 0.6 is 0 Å². The van der Waals surface area contributed by atoms with Crippen molar-refractivity contribution in [3.63, 3.8) is 0 Å². The minimum absolute atomic E-state index is 0.0172. The molecule has 0 bridgehead atoms. The minimum atomic E-state index is -4.56. The second-order valence-corrected chi connectivity index (χ2v) is 9.59. The highest BCUT2D eigenvalue weighted by Gasteiger charge is 2.40. The van der Waals surface area contributed by atoms with Crippen molar-refractivity contribution in [2.75, 3.05) is 24.6 Å². The highest BCUT2D eigenvalue weighted by atomic mass is 19.4. The van der Waals surface area contributed by atoms with Gasteiger partial charge in [-0.05, 0) is 47.9 Å². The number of alkyl halides is 3. The van der Waals surface area contributed by atoms with E-state index in [-0.39, 0.29) is 29.7 Å². The Morgan fingerprint density at radius 3 is 2.72 bits per heavy atom. The van der Waals surface area contributed by atoms with Crippen LogP contribution in [0.4, 0.5) is 18.9 Å². The molecule has 2 aromatic carbocycles. The summed E-state index contributed by atoms with van der Waals surface area (Å²) in [5, 5.41) is 8.09. The minimum Gasteiger partial charge on any atom is -0.376 e. The van der Waals surface area contributed by atoms with E-state index in [1.54, 1.807) is 18.5 Å². The zero-order valence-electron chi connectivity index (χ0n) is 20.4. The third-order valence-electron chi connectivity index (χ3n) is 6.95. The number of hydrogen-bond donors (Lipinski definition) is 0. The lowest BCUT2D eigenvalue weighted by atomic mass is 9.98. The van der Waals surface area contributed by atoms with Crippen molar-refractivity contribution in [2.45, 2.75) is 45.1 Å². The van der Waals surface area contributed by atoms with Crippen molar-refractivity contribution in [1.29, 1.82) is 0 Å². The number of hydrogen-bond acceptors (Lipinski definition) is 5. The summed E-state index contributed by atoms with van der Waals surface area (Å²) in [6.07, 6.45) is -2.93. The van der Waals surface area contributed by atoms with E-state index < -0.39 is 17.6 Å². The smallest absolute Gasteiger partial charge is 0.376 e. The van der Waals surface area contributed by atoms with E-state index in [0.29, 0.717) is 37.5 Å². The average molecular weight is 500 g/mol. The van der Waals surface area contributed by atoms with Crippen LogP contribution in [0.25, 0.3) is 0 Å². The molecule has 0 radical (unpaired) electrons. The molecule has 0 saturated carbocycles. The molecular formula is C26H28F3N5O2. The number of benzene rings is 2. The van der Waals surface area contributed by atoms with Crippen molar-refractivity contribution in [1.82, 2.24) is 19.7 Å². The van der Waals surface area contributed by atoms with E-state index in [9.17, 15) is 18.0 Å². The summed E-state index contributed by atoms with van der Waals surface area (Å²) < 4.78 is 49.7. The number of anilines is 1. The molecule has 1 amide bonds. The number of aromatic nitrogens is 3. The monoisotopic (exact) mass is 499 g/mol. The van der Waals surface area contributed by atoms with Gasteiger partial charge in [-0.15, -0.1) is 10.2 Å². The third kappa shape index (κ3) is 4.62. The van der Waals surface area contributed by atoms with Gasteiger partial charge >= 0.3 is 6.18 Å². The maximum atomic E-state index is 14.1. The summed E-state index contributed by atoms with van der Waals surface area (Å²) in [6, 6.07) is 10.1. The van der Waals surface area contributed by atoms with E-state index in [0.717, 1.165) is 11.4 Å². The number of halogens is 3. The van der Waals surface area contributed by atoms with Gasteiger partial charge in [0.05, 0.1) is 24.8 Å². The van der Waals surface area contributed by atoms with Crippen LogP contribution in [0.1, 0.15) is 58.2 Å². The Bertz CT molecular complexity index is 1290. The van der Waals surface area contributed by atoms with Gasteiger partial charge in [0.1, 0.15) is 12.2 Å². The van der Waals surface area contributed by atoms with Gasteiger partial charge < -0.3 is 14.2 Å². The van der Waals surface area contributed by atoms with Crippen LogP contribution in [-0.2, 0) is 31.1 Å². The van der Waals surface area contributed by atoms with Gasteiger partial charge in [0.25, 0.3) is 5.91 Å². The Kier molecular flexibility index (Phi) is 6.34. The summed E-state index contributed by atoms with van der Waals surface area (Å²) in [7, 11) is 1.85. The molecule has 3 heterocycles. The molecule has 0 aliphatic carbocycles. The van der Waals surface area contributed by atoms with Gasteiger partial charge in [-0.1, -0.05) is 19.1 Å². The molecule has 0 unspecified atom stereocenters. The largest absolute Gasteiger partial charge is 0.416 e. The maximum absolute atomic E-state index is 14.1. The zero-order chi connectivity index (χ0) is 25.6. The Labute approximate surface area is 207 Å². The van der Waals surface area contributed by atoms with E-state index >= 15 is 0 Å². The molecule has 2 aliphatic rings. The van der Waals surface area contributed by atoms with Gasteiger partial charge in [-0.3, -0.25) is 9.69 Å². The molecule has 3 aromatic rings. The molecule has 2 aliphatic heterocycles. The summed E-state index contributed by atoms with van der Waals surface area (Å²) in [6.45, 7) is 5.94. The standard InChI is InChI=1S/C26H28F3N5O2/c1-16-12-33(7-8-36-16)13-18-9-21-22(23(10-18)26(27,28)29)14-34(25(21)35)20-6-4-5-19(11-20)17(2)24-31-30-15-32(24)3/h4-6,9-11,15-17H,7-8,12-14H2,1-3H3/t16-,17+/m1/s1. The van der Waals surface area contributed by atoms with E-state index in [1.165, 1.54) is 11.0 Å². The van der Waals surface area contributed by atoms with Gasteiger partial charge in [-0.25, -0.2) is 0 Å². The van der Waals surface area contributed by atoms with Crippen molar-refractivity contribution in [2.24, 2.45) is 7.05 Å². The summed E-state index contributed by atoms with van der Waals surface area (Å²) in [4.78, 5) is 16.9. The lowest BCUT2D eigenvalue weighted by Gasteiger charge is -2.31. The van der Waals surface area contributed by atoms with Crippen LogP contribution in [0.5, 0.6) is 0 Å². The van der Waals surface area contributed by atoms with Gasteiger partial charge in [0, 0.05) is 43.9 Å². The topological polar surface area (TPSA) is 63.5 Å². The molecule has 10 heteroatoms. The van der Waals surface area contributed by atoms with Gasteiger partial charge in [-0.2, -0.15) is 13.2 Å². The summed E-state index contributed by atoms with van der Waals surface area (Å²) >= 11 is 0. The quantitative estimate of drug-likeness (QED) is 0.522. The molecular weight excluding hydrogens is 471 g/mol. The molecule has 1 saturated heterocycles. The second kappa shape index (κ2) is 9.33. The number of carbonyl (C=O) groups excluding carboxylic acids is 1. The van der Waals surface area contributed by atoms with Crippen molar-refractivity contribution in [3.05, 3.63) is 76.4 Å². The Balaban J connectivity index is 1.47. The Morgan fingerprint density at radius 1 is 1.22 bits per heavy atom. The Morgan fingerprint density at radius 2 is 2.03 bits per heavy atom. The predicted molar refractivity (Wildman–Crippen MR) is 128 cm³/mol. The fourth-order valence-electron chi connectivity index (χ4n) is 5.11. The van der Waals surface area contributed by atoms with Crippen LogP contribution < -0.4 is 4.90 Å². The number of carbonyl (C=O) groups is 1. The van der Waals surface area contributed by atoms with Crippen molar-refractivity contribution in [3.8, 4) is 0 Å². The van der Waals surface area contributed by atoms with Crippen LogP contribution in [0.2, 0.25) is 0 Å². The molecule has 1 aromatic heterocycles. The van der Waals surface area contributed by atoms with E-state index in [2.05, 4.69) is 15.1 Å². The molecule has 5 rings (SSSR count). The predicted octanol–water partition coefficient (Wildman–Crippen LogP) is 4.37. The first kappa shape index (κ1) is 24.5. The first-order valence-corrected chi connectivity index (χ1v) is 11.9. The van der Waals surface area contributed by atoms with Gasteiger partial charge in [0.2, 0.25) is 0 Å². The first-order valence-electron chi connectivity index (χ1n) is 11.9. The molecule has 7 nitrogen and oxygen atoms in total. The maximum Gasteiger partial charge on any atom is 0.416 e. The SMILES string of the molecule is C[C@@H](c1cccc(N2Cc3c(cc(CN4CCO[C@H](C)C4)cc3C(F)(F)F)C2=O)c1)c1nncn1C. The highest BCUT2D eigenvalue weighted by molar-refractivity contribution is 6.10. The lowest BCUT2D eigenvalue weighted by Crippen LogP contribution is -2.40. The first-order chi connectivity index (χ1) is 17.1. The number of rotatable bonds is 5. The number of morpholine rings is 1. The van der Waals surface area contributed by atoms with Crippen LogP contribution in [0.15, 0.2) is 42.7 Å². The molecule has 2 atom stereocenters. The average Bonchev–Trinajstić information content (AvgIpc) is 3.41. The van der Waals surface area contributed by atoms with Crippen LogP contribution in [-0.4, -0.2) is 51.4 Å². The second-order valence-electron chi connectivity index (χ2n) is 9.59. The fourth-order valence-corrected chi connectivity index (χ4v) is 5.11. The number of fused-ring (bicyclic) bond motifs is 1. The number of nitrogens with zero attached hydrogens (tertiary/aromatic N) is 5. The molecule has 0 spiro atoms. The third-order valence-corrected chi connectivity index (χ3v) is 6.95. The summed E-state index contributed by atoms with van der Waals surface area (Å²) in [5.74, 6) is 0.228. The number of ether oxygens (including phenoxy) is 1. The van der Waals surface area contributed by atoms with Crippen molar-refractivity contribution < 1.29 is 22.7 Å². The number of amides is 1. The number of aryl methyl sites for hydroxylation is 1. The summed E-state index contributed by atoms with van der Waals surface area (Å²) in [5.41, 5.74) is 1.34. The van der Waals surface area contributed by atoms with Crippen molar-refractivity contribution >= 4 is 11.6 Å². The fraction of sp³-hybridized carbons (Fsp3) is 0.423. The van der Waals surface area contributed by atoms with Gasteiger partial charge in [0.15, 0.2) is 0 Å². The lowest BCUT2D eigenvalue weighted by molar-refractivity contribution is -0.138. The van der Waals surface area contributed by atoms with Crippen LogP contribution in [0.3, 0.4) is 0 Å². The van der Waals surface area contributed by atoms with E-state index in [4.69, 9.17) is 4.74 Å². The normalized spacial score (nSPS) is 19.6. The highest BCUT2D eigenvalue weighted by Crippen LogP contribution is 2.40. The molecule has 190 valence electrons. The van der Waals surface area contributed by atoms with E-state index in [1.807, 2.05) is 43.7 Å². The molecule has 36 heavy (non-hydrogen) atoms. The molecule has 1 fully saturated rings. The Hall–Kier alpha value is -3.24.